The lowest BCUT2D eigenvalue weighted by molar-refractivity contribution is -0.125. The molecule has 1 aromatic rings. The predicted molar refractivity (Wildman–Crippen MR) is 75.5 cm³/mol. The van der Waals surface area contributed by atoms with Crippen LogP contribution in [0.4, 0.5) is 0 Å². The second kappa shape index (κ2) is 7.88. The van der Waals surface area contributed by atoms with E-state index in [9.17, 15) is 4.79 Å². The Hall–Kier alpha value is -1.35. The third-order valence-corrected chi connectivity index (χ3v) is 3.06. The SMILES string of the molecule is CNCC(C)C(=O)NC(C)CCc1ccccc1. The Balaban J connectivity index is 2.29. The first-order valence-corrected chi connectivity index (χ1v) is 6.62. The first-order chi connectivity index (χ1) is 8.63. The Kier molecular flexibility index (Phi) is 6.44. The average Bonchev–Trinajstić information content (AvgIpc) is 2.38. The summed E-state index contributed by atoms with van der Waals surface area (Å²) in [6.07, 6.45) is 1.98. The molecule has 0 heterocycles. The van der Waals surface area contributed by atoms with Crippen LogP contribution in [0, 0.1) is 5.92 Å². The van der Waals surface area contributed by atoms with Crippen molar-refractivity contribution in [3.63, 3.8) is 0 Å². The molecule has 0 fully saturated rings. The molecule has 18 heavy (non-hydrogen) atoms. The normalized spacial score (nSPS) is 13.9. The summed E-state index contributed by atoms with van der Waals surface area (Å²) in [5, 5.41) is 6.07. The van der Waals surface area contributed by atoms with E-state index in [-0.39, 0.29) is 17.9 Å². The molecular formula is C15H24N2O. The van der Waals surface area contributed by atoms with E-state index in [1.54, 1.807) is 0 Å². The number of carbonyl (C=O) groups is 1. The van der Waals surface area contributed by atoms with E-state index < -0.39 is 0 Å². The first kappa shape index (κ1) is 14.7. The van der Waals surface area contributed by atoms with Crippen molar-refractivity contribution < 1.29 is 4.79 Å². The standard InChI is InChI=1S/C15H24N2O/c1-12(11-16-3)15(18)17-13(2)9-10-14-7-5-4-6-8-14/h4-8,12-13,16H,9-11H2,1-3H3,(H,17,18). The summed E-state index contributed by atoms with van der Waals surface area (Å²) in [4.78, 5) is 11.8. The van der Waals surface area contributed by atoms with Crippen LogP contribution in [0.5, 0.6) is 0 Å². The Morgan fingerprint density at radius 2 is 1.89 bits per heavy atom. The zero-order valence-corrected chi connectivity index (χ0v) is 11.6. The number of amides is 1. The Morgan fingerprint density at radius 1 is 1.22 bits per heavy atom. The van der Waals surface area contributed by atoms with E-state index in [0.29, 0.717) is 0 Å². The van der Waals surface area contributed by atoms with Crippen LogP contribution in [0.25, 0.3) is 0 Å². The van der Waals surface area contributed by atoms with Crippen LogP contribution in [0.3, 0.4) is 0 Å². The van der Waals surface area contributed by atoms with E-state index in [1.807, 2.05) is 32.2 Å². The van der Waals surface area contributed by atoms with Gasteiger partial charge >= 0.3 is 0 Å². The van der Waals surface area contributed by atoms with E-state index in [4.69, 9.17) is 0 Å². The highest BCUT2D eigenvalue weighted by molar-refractivity contribution is 5.78. The number of benzene rings is 1. The molecule has 0 bridgehead atoms. The fourth-order valence-electron chi connectivity index (χ4n) is 1.88. The molecule has 3 nitrogen and oxygen atoms in total. The van der Waals surface area contributed by atoms with Crippen molar-refractivity contribution in [3.05, 3.63) is 35.9 Å². The zero-order valence-electron chi connectivity index (χ0n) is 11.6. The van der Waals surface area contributed by atoms with Crippen LogP contribution in [-0.4, -0.2) is 25.5 Å². The zero-order chi connectivity index (χ0) is 13.4. The molecule has 100 valence electrons. The molecule has 2 N–H and O–H groups in total. The van der Waals surface area contributed by atoms with Gasteiger partial charge in [0, 0.05) is 18.5 Å². The molecule has 0 aliphatic rings. The van der Waals surface area contributed by atoms with Crippen molar-refractivity contribution in [3.8, 4) is 0 Å². The van der Waals surface area contributed by atoms with E-state index in [1.165, 1.54) is 5.56 Å². The topological polar surface area (TPSA) is 41.1 Å². The maximum atomic E-state index is 11.8. The number of nitrogens with one attached hydrogen (secondary N) is 2. The average molecular weight is 248 g/mol. The molecule has 0 saturated carbocycles. The van der Waals surface area contributed by atoms with Crippen LogP contribution >= 0.6 is 0 Å². The van der Waals surface area contributed by atoms with Gasteiger partial charge in [-0.15, -0.1) is 0 Å². The molecule has 3 heteroatoms. The Labute approximate surface area is 110 Å². The van der Waals surface area contributed by atoms with Gasteiger partial charge in [-0.2, -0.15) is 0 Å². The highest BCUT2D eigenvalue weighted by Gasteiger charge is 2.14. The van der Waals surface area contributed by atoms with Gasteiger partial charge in [0.1, 0.15) is 0 Å². The monoisotopic (exact) mass is 248 g/mol. The van der Waals surface area contributed by atoms with Crippen LogP contribution in [0.2, 0.25) is 0 Å². The molecule has 2 unspecified atom stereocenters. The Bertz CT molecular complexity index is 351. The van der Waals surface area contributed by atoms with E-state index >= 15 is 0 Å². The molecule has 0 aliphatic heterocycles. The first-order valence-electron chi connectivity index (χ1n) is 6.62. The lowest BCUT2D eigenvalue weighted by Crippen LogP contribution is -2.39. The molecule has 0 saturated heterocycles. The van der Waals surface area contributed by atoms with Gasteiger partial charge in [-0.05, 0) is 32.4 Å². The third kappa shape index (κ3) is 5.32. The largest absolute Gasteiger partial charge is 0.353 e. The third-order valence-electron chi connectivity index (χ3n) is 3.06. The van der Waals surface area contributed by atoms with Crippen molar-refractivity contribution in [1.29, 1.82) is 0 Å². The van der Waals surface area contributed by atoms with Crippen molar-refractivity contribution in [2.45, 2.75) is 32.7 Å². The molecule has 1 amide bonds. The number of rotatable bonds is 7. The van der Waals surface area contributed by atoms with Crippen LogP contribution in [0.1, 0.15) is 25.8 Å². The van der Waals surface area contributed by atoms with Gasteiger partial charge in [-0.1, -0.05) is 37.3 Å². The lowest BCUT2D eigenvalue weighted by atomic mass is 10.1. The molecule has 0 aliphatic carbocycles. The van der Waals surface area contributed by atoms with Crippen LogP contribution < -0.4 is 10.6 Å². The van der Waals surface area contributed by atoms with Gasteiger partial charge in [0.05, 0.1) is 0 Å². The molecule has 2 atom stereocenters. The number of carbonyl (C=O) groups excluding carboxylic acids is 1. The molecule has 0 aromatic heterocycles. The van der Waals surface area contributed by atoms with Crippen molar-refractivity contribution in [1.82, 2.24) is 10.6 Å². The van der Waals surface area contributed by atoms with Gasteiger partial charge in [0.25, 0.3) is 0 Å². The number of aryl methyl sites for hydroxylation is 1. The van der Waals surface area contributed by atoms with Gasteiger partial charge < -0.3 is 10.6 Å². The fourth-order valence-corrected chi connectivity index (χ4v) is 1.88. The van der Waals surface area contributed by atoms with Crippen molar-refractivity contribution >= 4 is 5.91 Å². The Morgan fingerprint density at radius 3 is 2.50 bits per heavy atom. The van der Waals surface area contributed by atoms with Gasteiger partial charge in [-0.3, -0.25) is 4.79 Å². The predicted octanol–water partition coefficient (Wildman–Crippen LogP) is 1.98. The maximum Gasteiger partial charge on any atom is 0.224 e. The van der Waals surface area contributed by atoms with Crippen LogP contribution in [-0.2, 0) is 11.2 Å². The van der Waals surface area contributed by atoms with Gasteiger partial charge in [0.15, 0.2) is 0 Å². The van der Waals surface area contributed by atoms with Crippen molar-refractivity contribution in [2.24, 2.45) is 5.92 Å². The molecule has 1 rings (SSSR count). The maximum absolute atomic E-state index is 11.8. The summed E-state index contributed by atoms with van der Waals surface area (Å²) < 4.78 is 0. The smallest absolute Gasteiger partial charge is 0.224 e. The number of hydrogen-bond acceptors (Lipinski definition) is 2. The number of hydrogen-bond donors (Lipinski definition) is 2. The van der Waals surface area contributed by atoms with E-state index in [2.05, 4.69) is 29.7 Å². The minimum absolute atomic E-state index is 0.0224. The summed E-state index contributed by atoms with van der Waals surface area (Å²) in [5.74, 6) is 0.152. The second-order valence-corrected chi connectivity index (χ2v) is 4.89. The van der Waals surface area contributed by atoms with Crippen molar-refractivity contribution in [2.75, 3.05) is 13.6 Å². The molecule has 0 spiro atoms. The fraction of sp³-hybridized carbons (Fsp3) is 0.533. The van der Waals surface area contributed by atoms with Gasteiger partial charge in [-0.25, -0.2) is 0 Å². The van der Waals surface area contributed by atoms with E-state index in [0.717, 1.165) is 19.4 Å². The summed E-state index contributed by atoms with van der Waals surface area (Å²) in [6, 6.07) is 10.6. The molecule has 1 aromatic carbocycles. The highest BCUT2D eigenvalue weighted by Crippen LogP contribution is 2.05. The van der Waals surface area contributed by atoms with Gasteiger partial charge in [0.2, 0.25) is 5.91 Å². The summed E-state index contributed by atoms with van der Waals surface area (Å²) in [6.45, 7) is 4.72. The summed E-state index contributed by atoms with van der Waals surface area (Å²) >= 11 is 0. The quantitative estimate of drug-likeness (QED) is 0.774. The summed E-state index contributed by atoms with van der Waals surface area (Å²) in [7, 11) is 1.86. The highest BCUT2D eigenvalue weighted by atomic mass is 16.1. The molecule has 0 radical (unpaired) electrons. The molecular weight excluding hydrogens is 224 g/mol. The minimum atomic E-state index is 0.0224. The summed E-state index contributed by atoms with van der Waals surface area (Å²) in [5.41, 5.74) is 1.32. The second-order valence-electron chi connectivity index (χ2n) is 4.89. The minimum Gasteiger partial charge on any atom is -0.353 e. The lowest BCUT2D eigenvalue weighted by Gasteiger charge is -2.17. The van der Waals surface area contributed by atoms with Crippen LogP contribution in [0.15, 0.2) is 30.3 Å².